The monoisotopic (exact) mass is 474 g/mol. The summed E-state index contributed by atoms with van der Waals surface area (Å²) in [4.78, 5) is 0. The Balaban J connectivity index is 1.72. The van der Waals surface area contributed by atoms with Gasteiger partial charge in [-0.1, -0.05) is 84.9 Å². The standard InChI is InChI=1S/C35H26N2/c1-23-22-30-28-18-10-11-19-31(28)36(25-13-4-2-5-14-25)34(30)35-32(23)29-21-20-24-12-8-9-17-27(24)33(29)37(35)26-15-6-3-7-16-26/h2,4-6,8-22H,3,7H2,1H3. The van der Waals surface area contributed by atoms with Crippen molar-refractivity contribution in [2.45, 2.75) is 19.8 Å². The van der Waals surface area contributed by atoms with Crippen LogP contribution in [0.25, 0.3) is 65.8 Å². The van der Waals surface area contributed by atoms with Gasteiger partial charge in [0, 0.05) is 38.3 Å². The summed E-state index contributed by atoms with van der Waals surface area (Å²) in [7, 11) is 0. The molecule has 0 bridgehead atoms. The third-order valence-electron chi connectivity index (χ3n) is 8.00. The molecule has 2 nitrogen and oxygen atoms in total. The fourth-order valence-electron chi connectivity index (χ4n) is 6.47. The van der Waals surface area contributed by atoms with Crippen LogP contribution in [0.1, 0.15) is 18.4 Å². The van der Waals surface area contributed by atoms with Crippen molar-refractivity contribution in [1.82, 2.24) is 9.13 Å². The Morgan fingerprint density at radius 3 is 2.22 bits per heavy atom. The number of allylic oxidation sites excluding steroid dienone is 4. The lowest BCUT2D eigenvalue weighted by Gasteiger charge is -2.16. The molecule has 8 rings (SSSR count). The Labute approximate surface area is 215 Å². The van der Waals surface area contributed by atoms with E-state index in [0.29, 0.717) is 0 Å². The molecule has 0 atom stereocenters. The van der Waals surface area contributed by atoms with E-state index in [1.54, 1.807) is 0 Å². The fraction of sp³-hybridized carbons (Fsp3) is 0.0857. The number of hydrogen-bond donors (Lipinski definition) is 0. The summed E-state index contributed by atoms with van der Waals surface area (Å²) in [6, 6.07) is 35.5. The van der Waals surface area contributed by atoms with Gasteiger partial charge in [0.05, 0.1) is 22.1 Å². The van der Waals surface area contributed by atoms with Gasteiger partial charge < -0.3 is 9.13 Å². The van der Waals surface area contributed by atoms with E-state index in [9.17, 15) is 0 Å². The van der Waals surface area contributed by atoms with Crippen LogP contribution in [0.5, 0.6) is 0 Å². The molecule has 2 heteroatoms. The van der Waals surface area contributed by atoms with Crippen molar-refractivity contribution in [3.63, 3.8) is 0 Å². The number of hydrogen-bond acceptors (Lipinski definition) is 0. The normalized spacial score (nSPS) is 13.9. The summed E-state index contributed by atoms with van der Waals surface area (Å²) in [5.41, 5.74) is 8.87. The molecule has 0 amide bonds. The van der Waals surface area contributed by atoms with E-state index >= 15 is 0 Å². The lowest BCUT2D eigenvalue weighted by Crippen LogP contribution is -2.01. The van der Waals surface area contributed by atoms with Crippen LogP contribution in [-0.2, 0) is 0 Å². The van der Waals surface area contributed by atoms with Crippen molar-refractivity contribution >= 4 is 60.1 Å². The highest BCUT2D eigenvalue weighted by atomic mass is 15.0. The average Bonchev–Trinajstić information content (AvgIpc) is 3.48. The van der Waals surface area contributed by atoms with Crippen LogP contribution < -0.4 is 0 Å². The molecule has 0 fully saturated rings. The van der Waals surface area contributed by atoms with E-state index in [-0.39, 0.29) is 0 Å². The van der Waals surface area contributed by atoms with Gasteiger partial charge in [0.15, 0.2) is 0 Å². The van der Waals surface area contributed by atoms with Gasteiger partial charge in [0.25, 0.3) is 0 Å². The smallest absolute Gasteiger partial charge is 0.0791 e. The molecule has 0 saturated heterocycles. The topological polar surface area (TPSA) is 9.86 Å². The SMILES string of the molecule is Cc1cc2c3ccccc3n(-c3ccccc3)c2c2c1c1ccc3ccccc3c1n2C1=CCCC=C1. The summed E-state index contributed by atoms with van der Waals surface area (Å²) in [5.74, 6) is 0. The minimum Gasteiger partial charge on any atom is -0.307 e. The lowest BCUT2D eigenvalue weighted by molar-refractivity contribution is 1.02. The number of aromatic nitrogens is 2. The Kier molecular flexibility index (Phi) is 4.30. The fourth-order valence-corrected chi connectivity index (χ4v) is 6.47. The molecule has 2 heterocycles. The van der Waals surface area contributed by atoms with Crippen LogP contribution in [0.3, 0.4) is 0 Å². The van der Waals surface area contributed by atoms with Crippen molar-refractivity contribution in [3.05, 3.63) is 121 Å². The maximum Gasteiger partial charge on any atom is 0.0791 e. The van der Waals surface area contributed by atoms with Crippen LogP contribution in [-0.4, -0.2) is 9.13 Å². The van der Waals surface area contributed by atoms with Gasteiger partial charge in [0.1, 0.15) is 0 Å². The zero-order chi connectivity index (χ0) is 24.5. The van der Waals surface area contributed by atoms with Gasteiger partial charge in [-0.15, -0.1) is 0 Å². The molecular formula is C35H26N2. The number of fused-ring (bicyclic) bond motifs is 9. The van der Waals surface area contributed by atoms with Crippen LogP contribution in [0.2, 0.25) is 0 Å². The zero-order valence-corrected chi connectivity index (χ0v) is 20.8. The molecule has 0 aliphatic heterocycles. The van der Waals surface area contributed by atoms with Crippen LogP contribution in [0.15, 0.2) is 115 Å². The van der Waals surface area contributed by atoms with E-state index in [4.69, 9.17) is 0 Å². The van der Waals surface area contributed by atoms with Crippen molar-refractivity contribution < 1.29 is 0 Å². The Bertz CT molecular complexity index is 2080. The van der Waals surface area contributed by atoms with Crippen molar-refractivity contribution in [2.24, 2.45) is 0 Å². The summed E-state index contributed by atoms with van der Waals surface area (Å²) in [6.45, 7) is 2.28. The molecule has 176 valence electrons. The Hall–Kier alpha value is -4.56. The van der Waals surface area contributed by atoms with Crippen LogP contribution in [0.4, 0.5) is 0 Å². The van der Waals surface area contributed by atoms with Crippen LogP contribution in [0, 0.1) is 6.92 Å². The van der Waals surface area contributed by atoms with Crippen molar-refractivity contribution in [3.8, 4) is 5.69 Å². The molecule has 0 spiro atoms. The van der Waals surface area contributed by atoms with Gasteiger partial charge in [0.2, 0.25) is 0 Å². The number of rotatable bonds is 2. The first-order chi connectivity index (χ1) is 18.3. The van der Waals surface area contributed by atoms with E-state index in [1.165, 1.54) is 71.3 Å². The maximum absolute atomic E-state index is 2.55. The van der Waals surface area contributed by atoms with Gasteiger partial charge >= 0.3 is 0 Å². The molecule has 7 aromatic rings. The second-order valence-electron chi connectivity index (χ2n) is 10.1. The second-order valence-corrected chi connectivity index (χ2v) is 10.1. The molecule has 0 saturated carbocycles. The molecule has 0 N–H and O–H groups in total. The van der Waals surface area contributed by atoms with E-state index in [2.05, 4.69) is 131 Å². The van der Waals surface area contributed by atoms with Gasteiger partial charge in [-0.25, -0.2) is 0 Å². The molecule has 5 aromatic carbocycles. The predicted molar refractivity (Wildman–Crippen MR) is 159 cm³/mol. The highest BCUT2D eigenvalue weighted by Gasteiger charge is 2.24. The zero-order valence-electron chi connectivity index (χ0n) is 20.8. The quantitative estimate of drug-likeness (QED) is 0.236. The lowest BCUT2D eigenvalue weighted by atomic mass is 10.0. The number of aryl methyl sites for hydroxylation is 1. The predicted octanol–water partition coefficient (Wildman–Crippen LogP) is 9.54. The third-order valence-corrected chi connectivity index (χ3v) is 8.00. The summed E-state index contributed by atoms with van der Waals surface area (Å²) in [6.07, 6.45) is 9.20. The van der Waals surface area contributed by atoms with E-state index < -0.39 is 0 Å². The molecule has 1 aliphatic rings. The molecule has 2 aromatic heterocycles. The third kappa shape index (κ3) is 2.81. The van der Waals surface area contributed by atoms with E-state index in [0.717, 1.165) is 12.8 Å². The first-order valence-corrected chi connectivity index (χ1v) is 13.1. The number of benzene rings is 5. The molecular weight excluding hydrogens is 448 g/mol. The number of nitrogens with zero attached hydrogens (tertiary/aromatic N) is 2. The van der Waals surface area contributed by atoms with Crippen molar-refractivity contribution in [1.29, 1.82) is 0 Å². The minimum absolute atomic E-state index is 1.06. The summed E-state index contributed by atoms with van der Waals surface area (Å²) >= 11 is 0. The molecule has 0 radical (unpaired) electrons. The highest BCUT2D eigenvalue weighted by Crippen LogP contribution is 2.45. The Morgan fingerprint density at radius 2 is 1.38 bits per heavy atom. The van der Waals surface area contributed by atoms with Gasteiger partial charge in [-0.05, 0) is 61.1 Å². The second kappa shape index (κ2) is 7.72. The first kappa shape index (κ1) is 20.6. The largest absolute Gasteiger partial charge is 0.307 e. The van der Waals surface area contributed by atoms with Crippen molar-refractivity contribution in [2.75, 3.05) is 0 Å². The molecule has 0 unspecified atom stereocenters. The maximum atomic E-state index is 2.55. The minimum atomic E-state index is 1.06. The average molecular weight is 475 g/mol. The highest BCUT2D eigenvalue weighted by molar-refractivity contribution is 6.28. The Morgan fingerprint density at radius 1 is 0.595 bits per heavy atom. The molecule has 1 aliphatic carbocycles. The van der Waals surface area contributed by atoms with E-state index in [1.807, 2.05) is 0 Å². The summed E-state index contributed by atoms with van der Waals surface area (Å²) in [5, 5.41) is 7.83. The van der Waals surface area contributed by atoms with Gasteiger partial charge in [-0.2, -0.15) is 0 Å². The van der Waals surface area contributed by atoms with Gasteiger partial charge in [-0.3, -0.25) is 0 Å². The molecule has 37 heavy (non-hydrogen) atoms. The first-order valence-electron chi connectivity index (χ1n) is 13.1. The summed E-state index contributed by atoms with van der Waals surface area (Å²) < 4.78 is 5.02. The van der Waals surface area contributed by atoms with Crippen LogP contribution >= 0.6 is 0 Å². The number of para-hydroxylation sites is 2.